The number of halogens is 1. The van der Waals surface area contributed by atoms with Crippen LogP contribution in [0.2, 0.25) is 0 Å². The molecule has 3 heteroatoms. The minimum absolute atomic E-state index is 0.127. The van der Waals surface area contributed by atoms with E-state index in [2.05, 4.69) is 0 Å². The van der Waals surface area contributed by atoms with Gasteiger partial charge in [-0.2, -0.15) is 4.39 Å². The number of nitrogens with two attached hydrogens (primary N) is 1. The average Bonchev–Trinajstić information content (AvgIpc) is 2.06. The van der Waals surface area contributed by atoms with Crippen LogP contribution in [0.15, 0.2) is 30.3 Å². The summed E-state index contributed by atoms with van der Waals surface area (Å²) in [5, 5.41) is 0. The number of hydrogen-bond acceptors (Lipinski definition) is 2. The first-order valence-electron chi connectivity index (χ1n) is 3.86. The zero-order chi connectivity index (χ0) is 9.03. The number of rotatable bonds is 3. The van der Waals surface area contributed by atoms with Gasteiger partial charge in [0.05, 0.1) is 0 Å². The molecule has 0 saturated heterocycles. The maximum atomic E-state index is 13.1. The molecule has 0 bridgehead atoms. The molecule has 0 aliphatic carbocycles. The fourth-order valence-electron chi connectivity index (χ4n) is 0.757. The molecule has 0 aliphatic heterocycles. The summed E-state index contributed by atoms with van der Waals surface area (Å²) in [5.74, 6) is -1.61. The van der Waals surface area contributed by atoms with Crippen LogP contribution in [-0.2, 0) is 0 Å². The van der Waals surface area contributed by atoms with Crippen molar-refractivity contribution in [3.8, 4) is 5.75 Å². The minimum atomic E-state index is -2.05. The smallest absolute Gasteiger partial charge is 0.304 e. The molecule has 0 fully saturated rings. The third-order valence-electron chi connectivity index (χ3n) is 1.51. The average molecular weight is 169 g/mol. The molecule has 0 spiro atoms. The van der Waals surface area contributed by atoms with Gasteiger partial charge in [-0.3, -0.25) is 5.73 Å². The Kier molecular flexibility index (Phi) is 2.65. The van der Waals surface area contributed by atoms with E-state index in [0.29, 0.717) is 5.75 Å². The molecule has 0 radical (unpaired) electrons. The topological polar surface area (TPSA) is 35.2 Å². The maximum absolute atomic E-state index is 13.1. The van der Waals surface area contributed by atoms with E-state index in [1.54, 1.807) is 31.2 Å². The molecule has 0 aliphatic rings. The van der Waals surface area contributed by atoms with E-state index >= 15 is 0 Å². The predicted octanol–water partition coefficient (Wildman–Crippen LogP) is 2.06. The zero-order valence-electron chi connectivity index (χ0n) is 6.96. The van der Waals surface area contributed by atoms with Gasteiger partial charge in [0.25, 0.3) is 0 Å². The Bertz CT molecular complexity index is 236. The lowest BCUT2D eigenvalue weighted by molar-refractivity contribution is -0.0591. The second-order valence-electron chi connectivity index (χ2n) is 2.55. The summed E-state index contributed by atoms with van der Waals surface area (Å²) in [5.41, 5.74) is 5.16. The van der Waals surface area contributed by atoms with Crippen molar-refractivity contribution in [2.45, 2.75) is 19.3 Å². The van der Waals surface area contributed by atoms with Crippen LogP contribution >= 0.6 is 0 Å². The first-order valence-corrected chi connectivity index (χ1v) is 3.86. The highest BCUT2D eigenvalue weighted by molar-refractivity contribution is 5.21. The highest BCUT2D eigenvalue weighted by atomic mass is 19.2. The lowest BCUT2D eigenvalue weighted by atomic mass is 10.3. The summed E-state index contributed by atoms with van der Waals surface area (Å²) in [6.07, 6.45) is 0.127. The number of para-hydroxylation sites is 1. The van der Waals surface area contributed by atoms with Gasteiger partial charge < -0.3 is 4.74 Å². The van der Waals surface area contributed by atoms with Gasteiger partial charge in [-0.1, -0.05) is 25.1 Å². The van der Waals surface area contributed by atoms with Gasteiger partial charge in [0.15, 0.2) is 0 Å². The third kappa shape index (κ3) is 2.51. The molecule has 1 aromatic carbocycles. The summed E-state index contributed by atoms with van der Waals surface area (Å²) in [6, 6.07) is 8.69. The highest BCUT2D eigenvalue weighted by Gasteiger charge is 2.22. The number of ether oxygens (including phenoxy) is 1. The largest absolute Gasteiger partial charge is 0.445 e. The van der Waals surface area contributed by atoms with E-state index in [-0.39, 0.29) is 6.42 Å². The summed E-state index contributed by atoms with van der Waals surface area (Å²) in [7, 11) is 0. The molecule has 12 heavy (non-hydrogen) atoms. The van der Waals surface area contributed by atoms with Crippen LogP contribution in [0.1, 0.15) is 13.3 Å². The predicted molar refractivity (Wildman–Crippen MR) is 45.4 cm³/mol. The van der Waals surface area contributed by atoms with Crippen LogP contribution in [0.5, 0.6) is 5.75 Å². The Morgan fingerprint density at radius 2 is 2.00 bits per heavy atom. The number of benzene rings is 1. The molecule has 1 rings (SSSR count). The van der Waals surface area contributed by atoms with Gasteiger partial charge in [-0.25, -0.2) is 0 Å². The maximum Gasteiger partial charge on any atom is 0.304 e. The second-order valence-corrected chi connectivity index (χ2v) is 2.55. The van der Waals surface area contributed by atoms with E-state index in [1.165, 1.54) is 0 Å². The standard InChI is InChI=1S/C9H12FNO/c1-2-9(10,11)12-8-6-4-3-5-7-8/h3-7H,2,11H2,1H3. The fraction of sp³-hybridized carbons (Fsp3) is 0.333. The van der Waals surface area contributed by atoms with Gasteiger partial charge in [-0.15, -0.1) is 0 Å². The van der Waals surface area contributed by atoms with Gasteiger partial charge >= 0.3 is 5.98 Å². The quantitative estimate of drug-likeness (QED) is 0.555. The SMILES string of the molecule is CCC(N)(F)Oc1ccccc1. The molecule has 0 saturated carbocycles. The van der Waals surface area contributed by atoms with Crippen molar-refractivity contribution in [1.82, 2.24) is 0 Å². The van der Waals surface area contributed by atoms with Gasteiger partial charge in [0.2, 0.25) is 0 Å². The molecule has 0 aromatic heterocycles. The van der Waals surface area contributed by atoms with E-state index in [9.17, 15) is 4.39 Å². The van der Waals surface area contributed by atoms with Crippen LogP contribution < -0.4 is 10.5 Å². The van der Waals surface area contributed by atoms with Gasteiger partial charge in [-0.05, 0) is 12.1 Å². The van der Waals surface area contributed by atoms with Gasteiger partial charge in [0, 0.05) is 6.42 Å². The first-order chi connectivity index (χ1) is 5.64. The van der Waals surface area contributed by atoms with Crippen molar-refractivity contribution in [1.29, 1.82) is 0 Å². The molecule has 1 aromatic rings. The lowest BCUT2D eigenvalue weighted by Crippen LogP contribution is -2.40. The van der Waals surface area contributed by atoms with Crippen molar-refractivity contribution in [3.63, 3.8) is 0 Å². The Morgan fingerprint density at radius 1 is 1.42 bits per heavy atom. The Labute approximate surface area is 71.1 Å². The van der Waals surface area contributed by atoms with E-state index in [0.717, 1.165) is 0 Å². The normalized spacial score (nSPS) is 15.2. The van der Waals surface area contributed by atoms with E-state index in [1.807, 2.05) is 6.07 Å². The molecule has 1 unspecified atom stereocenters. The molecule has 66 valence electrons. The molecular formula is C9H12FNO. The third-order valence-corrected chi connectivity index (χ3v) is 1.51. The molecule has 0 amide bonds. The molecule has 1 atom stereocenters. The number of hydrogen-bond donors (Lipinski definition) is 1. The first kappa shape index (κ1) is 9.00. The fourth-order valence-corrected chi connectivity index (χ4v) is 0.757. The monoisotopic (exact) mass is 169 g/mol. The second kappa shape index (κ2) is 3.54. The molecule has 2 nitrogen and oxygen atoms in total. The van der Waals surface area contributed by atoms with Crippen molar-refractivity contribution < 1.29 is 9.13 Å². The highest BCUT2D eigenvalue weighted by Crippen LogP contribution is 2.17. The van der Waals surface area contributed by atoms with Crippen LogP contribution in [-0.4, -0.2) is 5.98 Å². The number of alkyl halides is 1. The Morgan fingerprint density at radius 3 is 2.50 bits per heavy atom. The van der Waals surface area contributed by atoms with Crippen LogP contribution in [0.4, 0.5) is 4.39 Å². The molecular weight excluding hydrogens is 157 g/mol. The zero-order valence-corrected chi connectivity index (χ0v) is 6.96. The van der Waals surface area contributed by atoms with Crippen molar-refractivity contribution >= 4 is 0 Å². The molecule has 0 heterocycles. The van der Waals surface area contributed by atoms with Crippen molar-refractivity contribution in [3.05, 3.63) is 30.3 Å². The summed E-state index contributed by atoms with van der Waals surface area (Å²) in [6.45, 7) is 1.63. The summed E-state index contributed by atoms with van der Waals surface area (Å²) < 4.78 is 17.9. The Balaban J connectivity index is 2.64. The lowest BCUT2D eigenvalue weighted by Gasteiger charge is -2.19. The van der Waals surface area contributed by atoms with Crippen molar-refractivity contribution in [2.24, 2.45) is 5.73 Å². The van der Waals surface area contributed by atoms with Crippen LogP contribution in [0, 0.1) is 0 Å². The summed E-state index contributed by atoms with van der Waals surface area (Å²) in [4.78, 5) is 0. The van der Waals surface area contributed by atoms with Gasteiger partial charge in [0.1, 0.15) is 5.75 Å². The van der Waals surface area contributed by atoms with Crippen LogP contribution in [0.25, 0.3) is 0 Å². The van der Waals surface area contributed by atoms with E-state index < -0.39 is 5.98 Å². The molecule has 2 N–H and O–H groups in total. The Hall–Kier alpha value is -1.09. The van der Waals surface area contributed by atoms with Crippen LogP contribution in [0.3, 0.4) is 0 Å². The minimum Gasteiger partial charge on any atom is -0.445 e. The van der Waals surface area contributed by atoms with Crippen molar-refractivity contribution in [2.75, 3.05) is 0 Å². The van der Waals surface area contributed by atoms with E-state index in [4.69, 9.17) is 10.5 Å². The summed E-state index contributed by atoms with van der Waals surface area (Å²) >= 11 is 0.